The number of nitrogens with zero attached hydrogens (tertiary/aromatic N) is 4. The smallest absolute Gasteiger partial charge is 0.324 e. The number of piperidine rings is 1. The van der Waals surface area contributed by atoms with E-state index in [1.165, 1.54) is 6.20 Å². The molecule has 28 heavy (non-hydrogen) atoms. The van der Waals surface area contributed by atoms with Crippen LogP contribution in [-0.2, 0) is 4.79 Å². The summed E-state index contributed by atoms with van der Waals surface area (Å²) in [5.74, 6) is 0.992. The second-order valence-electron chi connectivity index (χ2n) is 6.83. The van der Waals surface area contributed by atoms with Crippen molar-refractivity contribution in [1.82, 2.24) is 15.1 Å². The topological polar surface area (TPSA) is 84.2 Å². The van der Waals surface area contributed by atoms with Gasteiger partial charge in [-0.05, 0) is 37.5 Å². The Hall–Kier alpha value is -2.93. The summed E-state index contributed by atoms with van der Waals surface area (Å²) >= 11 is 5.82. The summed E-state index contributed by atoms with van der Waals surface area (Å²) in [4.78, 5) is 23.1. The third-order valence-electron chi connectivity index (χ3n) is 4.92. The fraction of sp³-hybridized carbons (Fsp3) is 0.300. The average molecular weight is 398 g/mol. The van der Waals surface area contributed by atoms with E-state index in [-0.39, 0.29) is 11.8 Å². The summed E-state index contributed by atoms with van der Waals surface area (Å²) in [6.45, 7) is 3.38. The van der Waals surface area contributed by atoms with E-state index in [1.54, 1.807) is 12.1 Å². The van der Waals surface area contributed by atoms with Gasteiger partial charge in [0.1, 0.15) is 5.82 Å². The molecule has 1 amide bonds. The van der Waals surface area contributed by atoms with Crippen LogP contribution in [0.5, 0.6) is 0 Å². The lowest BCUT2D eigenvalue weighted by Crippen LogP contribution is -2.38. The van der Waals surface area contributed by atoms with Crippen molar-refractivity contribution in [3.05, 3.63) is 53.2 Å². The number of benzene rings is 1. The Morgan fingerprint density at radius 2 is 2.00 bits per heavy atom. The Morgan fingerprint density at radius 1 is 1.21 bits per heavy atom. The molecular formula is C20H20ClN5O2. The van der Waals surface area contributed by atoms with Gasteiger partial charge in [0.25, 0.3) is 0 Å². The summed E-state index contributed by atoms with van der Waals surface area (Å²) in [6, 6.07) is 11.8. The minimum Gasteiger partial charge on any atom is -0.324 e. The van der Waals surface area contributed by atoms with Crippen LogP contribution in [0.2, 0.25) is 5.02 Å². The van der Waals surface area contributed by atoms with Gasteiger partial charge < -0.3 is 14.7 Å². The molecule has 1 fully saturated rings. The number of nitrogens with one attached hydrogen (secondary N) is 1. The molecule has 0 bridgehead atoms. The van der Waals surface area contributed by atoms with Crippen molar-refractivity contribution in [2.24, 2.45) is 5.92 Å². The molecule has 0 saturated carbocycles. The molecule has 0 atom stereocenters. The van der Waals surface area contributed by atoms with Gasteiger partial charge in [-0.15, -0.1) is 0 Å². The number of pyridine rings is 1. The van der Waals surface area contributed by atoms with Gasteiger partial charge in [0, 0.05) is 30.8 Å². The number of halogens is 1. The van der Waals surface area contributed by atoms with Crippen molar-refractivity contribution in [2.75, 3.05) is 23.3 Å². The van der Waals surface area contributed by atoms with E-state index in [0.29, 0.717) is 48.6 Å². The Kier molecular flexibility index (Phi) is 5.25. The maximum atomic E-state index is 12.5. The van der Waals surface area contributed by atoms with Gasteiger partial charge >= 0.3 is 6.01 Å². The third kappa shape index (κ3) is 3.99. The zero-order valence-electron chi connectivity index (χ0n) is 15.4. The van der Waals surface area contributed by atoms with Crippen LogP contribution in [0.4, 0.5) is 11.8 Å². The van der Waals surface area contributed by atoms with E-state index in [9.17, 15) is 4.79 Å². The van der Waals surface area contributed by atoms with Crippen molar-refractivity contribution >= 4 is 29.3 Å². The maximum Gasteiger partial charge on any atom is 0.324 e. The van der Waals surface area contributed by atoms with Crippen LogP contribution in [0, 0.1) is 12.8 Å². The molecule has 1 aromatic carbocycles. The minimum atomic E-state index is -0.0764. The first-order chi connectivity index (χ1) is 13.6. The minimum absolute atomic E-state index is 0.0272. The van der Waals surface area contributed by atoms with Crippen LogP contribution >= 0.6 is 11.6 Å². The van der Waals surface area contributed by atoms with Crippen molar-refractivity contribution in [1.29, 1.82) is 0 Å². The molecule has 0 aliphatic carbocycles. The number of aryl methyl sites for hydroxylation is 1. The zero-order chi connectivity index (χ0) is 19.5. The van der Waals surface area contributed by atoms with E-state index < -0.39 is 0 Å². The molecule has 3 heterocycles. The van der Waals surface area contributed by atoms with Crippen LogP contribution < -0.4 is 10.2 Å². The molecule has 1 saturated heterocycles. The molecule has 0 radical (unpaired) electrons. The van der Waals surface area contributed by atoms with Crippen LogP contribution in [0.3, 0.4) is 0 Å². The van der Waals surface area contributed by atoms with Gasteiger partial charge in [-0.25, -0.2) is 4.98 Å². The molecule has 1 aliphatic rings. The molecular weight excluding hydrogens is 378 g/mol. The zero-order valence-corrected chi connectivity index (χ0v) is 16.2. The van der Waals surface area contributed by atoms with Crippen LogP contribution in [-0.4, -0.2) is 34.1 Å². The van der Waals surface area contributed by atoms with Gasteiger partial charge in [0.15, 0.2) is 0 Å². The quantitative estimate of drug-likeness (QED) is 0.717. The number of carbonyl (C=O) groups excluding carboxylic acids is 1. The van der Waals surface area contributed by atoms with Gasteiger partial charge in [0.2, 0.25) is 11.7 Å². The molecule has 2 aromatic heterocycles. The van der Waals surface area contributed by atoms with Gasteiger partial charge in [-0.2, -0.15) is 4.98 Å². The first-order valence-electron chi connectivity index (χ1n) is 9.17. The summed E-state index contributed by atoms with van der Waals surface area (Å²) in [5.41, 5.74) is 2.06. The molecule has 1 aliphatic heterocycles. The van der Waals surface area contributed by atoms with E-state index in [2.05, 4.69) is 20.4 Å². The van der Waals surface area contributed by atoms with E-state index in [4.69, 9.17) is 16.1 Å². The number of amides is 1. The van der Waals surface area contributed by atoms with Gasteiger partial charge in [0.05, 0.1) is 5.02 Å². The number of rotatable bonds is 4. The van der Waals surface area contributed by atoms with E-state index in [0.717, 1.165) is 11.1 Å². The summed E-state index contributed by atoms with van der Waals surface area (Å²) in [5, 5.41) is 7.50. The predicted octanol–water partition coefficient (Wildman–Crippen LogP) is 3.95. The highest BCUT2D eigenvalue weighted by molar-refractivity contribution is 6.30. The molecule has 3 aromatic rings. The monoisotopic (exact) mass is 397 g/mol. The Morgan fingerprint density at radius 3 is 2.71 bits per heavy atom. The summed E-state index contributed by atoms with van der Waals surface area (Å²) in [7, 11) is 0. The lowest BCUT2D eigenvalue weighted by Gasteiger charge is -2.29. The molecule has 144 valence electrons. The van der Waals surface area contributed by atoms with Gasteiger partial charge in [-0.1, -0.05) is 41.0 Å². The van der Waals surface area contributed by atoms with E-state index in [1.807, 2.05) is 36.1 Å². The van der Waals surface area contributed by atoms with Crippen LogP contribution in [0.25, 0.3) is 11.4 Å². The lowest BCUT2D eigenvalue weighted by atomic mass is 9.96. The fourth-order valence-electron chi connectivity index (χ4n) is 3.29. The highest BCUT2D eigenvalue weighted by Crippen LogP contribution is 2.26. The Bertz CT molecular complexity index is 965. The molecule has 7 nitrogen and oxygen atoms in total. The lowest BCUT2D eigenvalue weighted by molar-refractivity contribution is -0.120. The predicted molar refractivity (Wildman–Crippen MR) is 107 cm³/mol. The first-order valence-corrected chi connectivity index (χ1v) is 9.55. The second-order valence-corrected chi connectivity index (χ2v) is 7.26. The maximum absolute atomic E-state index is 12.5. The summed E-state index contributed by atoms with van der Waals surface area (Å²) < 4.78 is 5.46. The second kappa shape index (κ2) is 7.98. The van der Waals surface area contributed by atoms with Crippen molar-refractivity contribution < 1.29 is 9.32 Å². The molecule has 8 heteroatoms. The molecule has 0 spiro atoms. The van der Waals surface area contributed by atoms with Crippen LogP contribution in [0.15, 0.2) is 47.1 Å². The number of anilines is 2. The Balaban J connectivity index is 1.36. The fourth-order valence-corrected chi connectivity index (χ4v) is 3.40. The highest BCUT2D eigenvalue weighted by Gasteiger charge is 2.28. The number of hydrogen-bond acceptors (Lipinski definition) is 6. The standard InChI is InChI=1S/C20H20ClN5O2/c1-13-4-2-3-5-16(13)18-24-20(28-25-18)26-10-8-14(9-11-26)19(27)23-17-7-6-15(21)12-22-17/h2-7,12,14H,8-11H2,1H3,(H,22,23,27). The Labute approximate surface area is 167 Å². The summed E-state index contributed by atoms with van der Waals surface area (Å²) in [6.07, 6.45) is 2.93. The highest BCUT2D eigenvalue weighted by atomic mass is 35.5. The SMILES string of the molecule is Cc1ccccc1-c1noc(N2CCC(C(=O)Nc3ccc(Cl)cn3)CC2)n1. The van der Waals surface area contributed by atoms with Gasteiger partial charge in [-0.3, -0.25) is 4.79 Å². The molecule has 1 N–H and O–H groups in total. The molecule has 4 rings (SSSR count). The molecule has 0 unspecified atom stereocenters. The number of aromatic nitrogens is 3. The van der Waals surface area contributed by atoms with Crippen LogP contribution in [0.1, 0.15) is 18.4 Å². The number of carbonyl (C=O) groups is 1. The third-order valence-corrected chi connectivity index (χ3v) is 5.14. The van der Waals surface area contributed by atoms with E-state index >= 15 is 0 Å². The largest absolute Gasteiger partial charge is 0.324 e. The normalized spacial score (nSPS) is 14.9. The first kappa shape index (κ1) is 18.4. The average Bonchev–Trinajstić information content (AvgIpc) is 3.20. The number of hydrogen-bond donors (Lipinski definition) is 1. The van der Waals surface area contributed by atoms with Crippen molar-refractivity contribution in [3.8, 4) is 11.4 Å². The van der Waals surface area contributed by atoms with Crippen molar-refractivity contribution in [3.63, 3.8) is 0 Å². The van der Waals surface area contributed by atoms with Crippen molar-refractivity contribution in [2.45, 2.75) is 19.8 Å².